The number of fused-ring (bicyclic) bond motifs is 2. The van der Waals surface area contributed by atoms with Gasteiger partial charge in [-0.2, -0.15) is 0 Å². The Hall–Kier alpha value is -3.01. The van der Waals surface area contributed by atoms with Crippen LogP contribution in [0.15, 0.2) is 60.7 Å². The first kappa shape index (κ1) is 17.4. The third-order valence-electron chi connectivity index (χ3n) is 4.96. The number of hydrogen-bond donors (Lipinski definition) is 0. The van der Waals surface area contributed by atoms with Crippen molar-refractivity contribution in [3.05, 3.63) is 71.8 Å². The van der Waals surface area contributed by atoms with E-state index in [1.807, 2.05) is 54.3 Å². The van der Waals surface area contributed by atoms with Gasteiger partial charge >= 0.3 is 0 Å². The molecule has 4 rings (SSSR count). The molecule has 3 aromatic carbocycles. The van der Waals surface area contributed by atoms with Gasteiger partial charge in [0.1, 0.15) is 13.2 Å². The van der Waals surface area contributed by atoms with E-state index in [-0.39, 0.29) is 5.91 Å². The summed E-state index contributed by atoms with van der Waals surface area (Å²) in [6, 6.07) is 20.2. The first-order valence-corrected chi connectivity index (χ1v) is 9.38. The molecule has 0 radical (unpaired) electrons. The highest BCUT2D eigenvalue weighted by Gasteiger charge is 2.20. The highest BCUT2D eigenvalue weighted by atomic mass is 16.6. The summed E-state index contributed by atoms with van der Waals surface area (Å²) in [4.78, 5) is 14.9. The quantitative estimate of drug-likeness (QED) is 0.684. The summed E-state index contributed by atoms with van der Waals surface area (Å²) in [6.07, 6.45) is 0.390. The minimum Gasteiger partial charge on any atom is -0.486 e. The van der Waals surface area contributed by atoms with Crippen LogP contribution in [0.25, 0.3) is 10.8 Å². The van der Waals surface area contributed by atoms with Crippen LogP contribution in [0.4, 0.5) is 0 Å². The van der Waals surface area contributed by atoms with Gasteiger partial charge in [-0.05, 0) is 29.3 Å². The average molecular weight is 361 g/mol. The lowest BCUT2D eigenvalue weighted by molar-refractivity contribution is -0.130. The number of amides is 1. The number of benzene rings is 3. The molecule has 1 aliphatic rings. The number of ether oxygens (including phenoxy) is 2. The fourth-order valence-electron chi connectivity index (χ4n) is 3.56. The predicted molar refractivity (Wildman–Crippen MR) is 106 cm³/mol. The van der Waals surface area contributed by atoms with Gasteiger partial charge in [-0.3, -0.25) is 4.79 Å². The third kappa shape index (κ3) is 3.61. The Morgan fingerprint density at radius 3 is 2.56 bits per heavy atom. The topological polar surface area (TPSA) is 38.8 Å². The van der Waals surface area contributed by atoms with Crippen molar-refractivity contribution in [2.75, 3.05) is 19.8 Å². The van der Waals surface area contributed by atoms with Gasteiger partial charge in [0.15, 0.2) is 11.5 Å². The van der Waals surface area contributed by atoms with E-state index >= 15 is 0 Å². The van der Waals surface area contributed by atoms with Crippen LogP contribution in [0.2, 0.25) is 0 Å². The van der Waals surface area contributed by atoms with E-state index in [1.165, 1.54) is 0 Å². The summed E-state index contributed by atoms with van der Waals surface area (Å²) >= 11 is 0. The fourth-order valence-corrected chi connectivity index (χ4v) is 3.56. The van der Waals surface area contributed by atoms with Crippen molar-refractivity contribution < 1.29 is 14.3 Å². The second kappa shape index (κ2) is 7.70. The number of likely N-dealkylation sites (N-methyl/N-ethyl adjacent to an activating group) is 1. The Kier molecular flexibility index (Phi) is 4.97. The summed E-state index contributed by atoms with van der Waals surface area (Å²) in [7, 11) is 0. The Morgan fingerprint density at radius 1 is 0.926 bits per heavy atom. The lowest BCUT2D eigenvalue weighted by atomic mass is 10.0. The van der Waals surface area contributed by atoms with Gasteiger partial charge in [-0.25, -0.2) is 0 Å². The Morgan fingerprint density at radius 2 is 1.67 bits per heavy atom. The zero-order valence-electron chi connectivity index (χ0n) is 15.5. The second-order valence-corrected chi connectivity index (χ2v) is 6.66. The molecule has 0 unspecified atom stereocenters. The molecule has 27 heavy (non-hydrogen) atoms. The number of carbonyl (C=O) groups excluding carboxylic acids is 1. The average Bonchev–Trinajstić information content (AvgIpc) is 2.72. The van der Waals surface area contributed by atoms with Crippen LogP contribution in [0.5, 0.6) is 11.5 Å². The third-order valence-corrected chi connectivity index (χ3v) is 4.96. The van der Waals surface area contributed by atoms with Crippen LogP contribution in [0.1, 0.15) is 18.1 Å². The summed E-state index contributed by atoms with van der Waals surface area (Å²) < 4.78 is 11.4. The monoisotopic (exact) mass is 361 g/mol. The highest BCUT2D eigenvalue weighted by Crippen LogP contribution is 2.34. The van der Waals surface area contributed by atoms with Crippen LogP contribution in [-0.2, 0) is 17.8 Å². The molecule has 4 heteroatoms. The Bertz CT molecular complexity index is 961. The molecule has 0 saturated heterocycles. The SMILES string of the molecule is CCN(Cc1cccc2c1OCCO2)C(=O)Cc1cccc2ccccc12. The molecule has 0 spiro atoms. The Labute approximate surface area is 159 Å². The molecule has 1 aliphatic heterocycles. The molecule has 0 saturated carbocycles. The van der Waals surface area contributed by atoms with Crippen molar-refractivity contribution >= 4 is 16.7 Å². The maximum Gasteiger partial charge on any atom is 0.227 e. The molecule has 1 heterocycles. The molecule has 0 aliphatic carbocycles. The summed E-state index contributed by atoms with van der Waals surface area (Å²) in [5.41, 5.74) is 2.05. The van der Waals surface area contributed by atoms with Crippen molar-refractivity contribution in [2.24, 2.45) is 0 Å². The van der Waals surface area contributed by atoms with Crippen molar-refractivity contribution in [1.29, 1.82) is 0 Å². The minimum absolute atomic E-state index is 0.114. The largest absolute Gasteiger partial charge is 0.486 e. The van der Waals surface area contributed by atoms with E-state index in [9.17, 15) is 4.79 Å². The second-order valence-electron chi connectivity index (χ2n) is 6.66. The number of hydrogen-bond acceptors (Lipinski definition) is 3. The van der Waals surface area contributed by atoms with Crippen LogP contribution in [-0.4, -0.2) is 30.6 Å². The number of rotatable bonds is 5. The van der Waals surface area contributed by atoms with E-state index in [1.54, 1.807) is 0 Å². The Balaban J connectivity index is 1.55. The highest BCUT2D eigenvalue weighted by molar-refractivity contribution is 5.90. The van der Waals surface area contributed by atoms with Crippen molar-refractivity contribution in [2.45, 2.75) is 19.9 Å². The van der Waals surface area contributed by atoms with Crippen molar-refractivity contribution in [1.82, 2.24) is 4.90 Å². The van der Waals surface area contributed by atoms with Gasteiger partial charge in [0.05, 0.1) is 6.42 Å². The standard InChI is InChI=1S/C23H23NO3/c1-2-24(16-19-10-6-12-21-23(19)27-14-13-26-21)22(25)15-18-9-5-8-17-7-3-4-11-20(17)18/h3-12H,2,13-16H2,1H3. The summed E-state index contributed by atoms with van der Waals surface area (Å²) in [6.45, 7) is 4.28. The van der Waals surface area contributed by atoms with E-state index < -0.39 is 0 Å². The molecule has 4 nitrogen and oxygen atoms in total. The molecule has 3 aromatic rings. The number of para-hydroxylation sites is 1. The van der Waals surface area contributed by atoms with Gasteiger partial charge in [0, 0.05) is 18.7 Å². The maximum atomic E-state index is 13.0. The van der Waals surface area contributed by atoms with E-state index in [2.05, 4.69) is 18.2 Å². The van der Waals surface area contributed by atoms with Gasteiger partial charge < -0.3 is 14.4 Å². The fraction of sp³-hybridized carbons (Fsp3) is 0.261. The normalized spacial score (nSPS) is 12.8. The molecule has 0 bridgehead atoms. The van der Waals surface area contributed by atoms with Gasteiger partial charge in [0.25, 0.3) is 0 Å². The minimum atomic E-state index is 0.114. The van der Waals surface area contributed by atoms with Crippen LogP contribution in [0.3, 0.4) is 0 Å². The van der Waals surface area contributed by atoms with Crippen LogP contribution in [0, 0.1) is 0 Å². The van der Waals surface area contributed by atoms with E-state index in [0.29, 0.717) is 32.7 Å². The van der Waals surface area contributed by atoms with Gasteiger partial charge in [0.2, 0.25) is 5.91 Å². The van der Waals surface area contributed by atoms with Gasteiger partial charge in [-0.15, -0.1) is 0 Å². The molecule has 1 amide bonds. The van der Waals surface area contributed by atoms with Crippen molar-refractivity contribution in [3.8, 4) is 11.5 Å². The van der Waals surface area contributed by atoms with Gasteiger partial charge in [-0.1, -0.05) is 54.6 Å². The predicted octanol–water partition coefficient (Wildman–Crippen LogP) is 4.20. The zero-order valence-corrected chi connectivity index (χ0v) is 15.5. The molecular formula is C23H23NO3. The maximum absolute atomic E-state index is 13.0. The molecular weight excluding hydrogens is 338 g/mol. The number of nitrogens with zero attached hydrogens (tertiary/aromatic N) is 1. The summed E-state index contributed by atoms with van der Waals surface area (Å²) in [5.74, 6) is 1.64. The summed E-state index contributed by atoms with van der Waals surface area (Å²) in [5, 5.41) is 2.30. The van der Waals surface area contributed by atoms with Crippen LogP contribution >= 0.6 is 0 Å². The number of carbonyl (C=O) groups is 1. The first-order chi connectivity index (χ1) is 13.3. The van der Waals surface area contributed by atoms with Crippen molar-refractivity contribution in [3.63, 3.8) is 0 Å². The molecule has 0 fully saturated rings. The smallest absolute Gasteiger partial charge is 0.227 e. The van der Waals surface area contributed by atoms with E-state index in [0.717, 1.165) is 33.4 Å². The lowest BCUT2D eigenvalue weighted by Crippen LogP contribution is -2.32. The van der Waals surface area contributed by atoms with E-state index in [4.69, 9.17) is 9.47 Å². The lowest BCUT2D eigenvalue weighted by Gasteiger charge is -2.25. The first-order valence-electron chi connectivity index (χ1n) is 9.38. The zero-order chi connectivity index (χ0) is 18.6. The molecule has 0 aromatic heterocycles. The molecule has 138 valence electrons. The molecule has 0 N–H and O–H groups in total. The molecule has 0 atom stereocenters. The van der Waals surface area contributed by atoms with Crippen LogP contribution < -0.4 is 9.47 Å².